The van der Waals surface area contributed by atoms with Crippen molar-refractivity contribution < 1.29 is 30.0 Å². The van der Waals surface area contributed by atoms with Gasteiger partial charge in [0.2, 0.25) is 0 Å². The van der Waals surface area contributed by atoms with Gasteiger partial charge in [0, 0.05) is 0 Å². The standard InChI is InChI=1S/C8H13Cl2NO6/c9-6(10)7(15)11-3-5(14)4(13)2(1-12)17-8(3)16/h2-6,8,12-14,16H,1H2,(H,11,15)/t2-,3-,4+,5-,8?/m1/s1. The lowest BCUT2D eigenvalue weighted by atomic mass is 9.97. The molecule has 5 atom stereocenters. The van der Waals surface area contributed by atoms with Crippen molar-refractivity contribution in [2.75, 3.05) is 6.61 Å². The minimum Gasteiger partial charge on any atom is -0.394 e. The van der Waals surface area contributed by atoms with Crippen molar-refractivity contribution >= 4 is 29.1 Å². The molecule has 0 saturated carbocycles. The van der Waals surface area contributed by atoms with E-state index in [1.807, 2.05) is 0 Å². The van der Waals surface area contributed by atoms with E-state index in [1.54, 1.807) is 0 Å². The van der Waals surface area contributed by atoms with Crippen molar-refractivity contribution in [3.05, 3.63) is 0 Å². The van der Waals surface area contributed by atoms with E-state index in [0.717, 1.165) is 0 Å². The van der Waals surface area contributed by atoms with Crippen molar-refractivity contribution in [1.29, 1.82) is 0 Å². The molecule has 0 bridgehead atoms. The summed E-state index contributed by atoms with van der Waals surface area (Å²) in [6.45, 7) is -0.580. The minimum atomic E-state index is -1.58. The SMILES string of the molecule is O=C(N[C@H]1C(O)O[C@H](CO)[C@H](O)[C@@H]1O)C(Cl)Cl. The fraction of sp³-hybridized carbons (Fsp3) is 0.875. The molecule has 1 saturated heterocycles. The van der Waals surface area contributed by atoms with Crippen LogP contribution in [-0.4, -0.2) is 68.4 Å². The van der Waals surface area contributed by atoms with Gasteiger partial charge in [-0.2, -0.15) is 0 Å². The second-order valence-electron chi connectivity index (χ2n) is 3.56. The zero-order valence-corrected chi connectivity index (χ0v) is 10.0. The quantitative estimate of drug-likeness (QED) is 0.373. The van der Waals surface area contributed by atoms with Gasteiger partial charge in [0.15, 0.2) is 11.1 Å². The molecule has 1 unspecified atom stereocenters. The number of rotatable bonds is 3. The summed E-state index contributed by atoms with van der Waals surface area (Å²) in [7, 11) is 0. The van der Waals surface area contributed by atoms with Crippen LogP contribution in [0.15, 0.2) is 0 Å². The van der Waals surface area contributed by atoms with Crippen LogP contribution in [0.3, 0.4) is 0 Å². The highest BCUT2D eigenvalue weighted by Gasteiger charge is 2.44. The molecule has 0 aromatic heterocycles. The molecule has 1 fully saturated rings. The summed E-state index contributed by atoms with van der Waals surface area (Å²) < 4.78 is 4.81. The molecule has 1 aliphatic heterocycles. The molecule has 0 aliphatic carbocycles. The van der Waals surface area contributed by atoms with Crippen molar-refractivity contribution in [2.45, 2.75) is 35.5 Å². The Hall–Kier alpha value is -0.150. The van der Waals surface area contributed by atoms with Gasteiger partial charge in [-0.3, -0.25) is 4.79 Å². The molecule has 100 valence electrons. The maximum atomic E-state index is 11.2. The van der Waals surface area contributed by atoms with E-state index in [9.17, 15) is 20.1 Å². The van der Waals surface area contributed by atoms with Crippen LogP contribution in [0.1, 0.15) is 0 Å². The number of halogens is 2. The topological polar surface area (TPSA) is 119 Å². The first-order chi connectivity index (χ1) is 7.88. The van der Waals surface area contributed by atoms with E-state index in [-0.39, 0.29) is 0 Å². The summed E-state index contributed by atoms with van der Waals surface area (Å²) >= 11 is 10.6. The molecule has 0 spiro atoms. The van der Waals surface area contributed by atoms with Gasteiger partial charge >= 0.3 is 0 Å². The Morgan fingerprint density at radius 3 is 2.35 bits per heavy atom. The zero-order chi connectivity index (χ0) is 13.2. The van der Waals surface area contributed by atoms with Crippen LogP contribution in [0.2, 0.25) is 0 Å². The third-order valence-corrected chi connectivity index (χ3v) is 2.80. The van der Waals surface area contributed by atoms with E-state index in [1.165, 1.54) is 0 Å². The molecule has 0 aromatic carbocycles. The van der Waals surface area contributed by atoms with E-state index in [4.69, 9.17) is 33.0 Å². The molecular weight excluding hydrogens is 277 g/mol. The first-order valence-corrected chi connectivity index (χ1v) is 5.64. The summed E-state index contributed by atoms with van der Waals surface area (Å²) in [5.41, 5.74) is 0. The van der Waals surface area contributed by atoms with Gasteiger partial charge in [-0.25, -0.2) is 0 Å². The number of hydrogen-bond donors (Lipinski definition) is 5. The van der Waals surface area contributed by atoms with Gasteiger partial charge in [-0.15, -0.1) is 0 Å². The fourth-order valence-electron chi connectivity index (χ4n) is 1.48. The first-order valence-electron chi connectivity index (χ1n) is 4.77. The summed E-state index contributed by atoms with van der Waals surface area (Å²) in [6, 6.07) is -1.28. The number of aliphatic hydroxyl groups is 4. The van der Waals surface area contributed by atoms with Gasteiger partial charge in [-0.1, -0.05) is 23.2 Å². The normalized spacial score (nSPS) is 38.2. The van der Waals surface area contributed by atoms with Gasteiger partial charge in [0.1, 0.15) is 24.4 Å². The third-order valence-electron chi connectivity index (χ3n) is 2.41. The van der Waals surface area contributed by atoms with Crippen LogP contribution in [0, 0.1) is 0 Å². The lowest BCUT2D eigenvalue weighted by molar-refractivity contribution is -0.253. The van der Waals surface area contributed by atoms with Crippen LogP contribution < -0.4 is 5.32 Å². The number of ether oxygens (including phenoxy) is 1. The molecule has 0 radical (unpaired) electrons. The molecule has 1 heterocycles. The van der Waals surface area contributed by atoms with Gasteiger partial charge in [0.05, 0.1) is 6.61 Å². The maximum Gasteiger partial charge on any atom is 0.253 e. The minimum absolute atomic E-state index is 0.580. The lowest BCUT2D eigenvalue weighted by Crippen LogP contribution is -2.64. The third kappa shape index (κ3) is 3.41. The van der Waals surface area contributed by atoms with E-state index in [2.05, 4.69) is 5.32 Å². The highest BCUT2D eigenvalue weighted by Crippen LogP contribution is 2.20. The van der Waals surface area contributed by atoms with Gasteiger partial charge < -0.3 is 30.5 Å². The molecular formula is C8H13Cl2NO6. The smallest absolute Gasteiger partial charge is 0.253 e. The van der Waals surface area contributed by atoms with Crippen LogP contribution in [0.5, 0.6) is 0 Å². The summed E-state index contributed by atoms with van der Waals surface area (Å²) in [6.07, 6.45) is -5.66. The number of carbonyl (C=O) groups is 1. The second-order valence-corrected chi connectivity index (χ2v) is 4.66. The Balaban J connectivity index is 2.69. The Kier molecular flexibility index (Phi) is 5.39. The van der Waals surface area contributed by atoms with Crippen molar-refractivity contribution in [2.24, 2.45) is 0 Å². The van der Waals surface area contributed by atoms with Crippen molar-refractivity contribution in [3.63, 3.8) is 0 Å². The monoisotopic (exact) mass is 289 g/mol. The van der Waals surface area contributed by atoms with Gasteiger partial charge in [-0.05, 0) is 0 Å². The molecule has 7 nitrogen and oxygen atoms in total. The first kappa shape index (κ1) is 14.9. The molecule has 5 N–H and O–H groups in total. The molecule has 0 aromatic rings. The molecule has 17 heavy (non-hydrogen) atoms. The fourth-order valence-corrected chi connectivity index (χ4v) is 1.61. The summed E-state index contributed by atoms with van der Waals surface area (Å²) in [4.78, 5) is 9.80. The molecule has 9 heteroatoms. The average molecular weight is 290 g/mol. The van der Waals surface area contributed by atoms with Crippen molar-refractivity contribution in [3.8, 4) is 0 Å². The predicted octanol–water partition coefficient (Wildman–Crippen LogP) is -2.29. The summed E-state index contributed by atoms with van der Waals surface area (Å²) in [5, 5.41) is 39.6. The Bertz CT molecular complexity index is 279. The Labute approximate surface area is 107 Å². The number of alkyl halides is 2. The molecule has 1 rings (SSSR count). The highest BCUT2D eigenvalue weighted by atomic mass is 35.5. The highest BCUT2D eigenvalue weighted by molar-refractivity contribution is 6.53. The van der Waals surface area contributed by atoms with Crippen molar-refractivity contribution in [1.82, 2.24) is 5.32 Å². The number of aliphatic hydroxyl groups excluding tert-OH is 4. The maximum absolute atomic E-state index is 11.2. The number of hydrogen-bond acceptors (Lipinski definition) is 6. The second kappa shape index (κ2) is 6.14. The molecule has 1 aliphatic rings. The number of amides is 1. The number of carbonyl (C=O) groups excluding carboxylic acids is 1. The summed E-state index contributed by atoms with van der Waals surface area (Å²) in [5.74, 6) is -0.838. The van der Waals surface area contributed by atoms with Crippen LogP contribution in [0.25, 0.3) is 0 Å². The van der Waals surface area contributed by atoms with Crippen LogP contribution in [0.4, 0.5) is 0 Å². The van der Waals surface area contributed by atoms with Crippen LogP contribution in [-0.2, 0) is 9.53 Å². The average Bonchev–Trinajstić information content (AvgIpc) is 2.28. The van der Waals surface area contributed by atoms with E-state index in [0.29, 0.717) is 0 Å². The van der Waals surface area contributed by atoms with Crippen LogP contribution >= 0.6 is 23.2 Å². The van der Waals surface area contributed by atoms with E-state index < -0.39 is 48.0 Å². The lowest BCUT2D eigenvalue weighted by Gasteiger charge is -2.40. The Morgan fingerprint density at radius 1 is 1.29 bits per heavy atom. The molecule has 1 amide bonds. The number of nitrogens with one attached hydrogen (secondary N) is 1. The largest absolute Gasteiger partial charge is 0.394 e. The Morgan fingerprint density at radius 2 is 1.88 bits per heavy atom. The zero-order valence-electron chi connectivity index (χ0n) is 8.53. The van der Waals surface area contributed by atoms with E-state index >= 15 is 0 Å². The van der Waals surface area contributed by atoms with Gasteiger partial charge in [0.25, 0.3) is 5.91 Å². The predicted molar refractivity (Wildman–Crippen MR) is 57.4 cm³/mol.